The van der Waals surface area contributed by atoms with Crippen LogP contribution in [0.5, 0.6) is 0 Å². The van der Waals surface area contributed by atoms with Gasteiger partial charge in [0, 0.05) is 7.05 Å². The molecule has 2 aromatic rings. The maximum atomic E-state index is 11.0. The fourth-order valence-corrected chi connectivity index (χ4v) is 1.82. The summed E-state index contributed by atoms with van der Waals surface area (Å²) in [6, 6.07) is 1.76. The van der Waals surface area contributed by atoms with Gasteiger partial charge in [-0.3, -0.25) is 4.79 Å². The Labute approximate surface area is 102 Å². The number of nitrogens with one attached hydrogen (secondary N) is 1. The van der Waals surface area contributed by atoms with Crippen LogP contribution in [0.2, 0.25) is 0 Å². The van der Waals surface area contributed by atoms with Crippen molar-refractivity contribution in [1.29, 1.82) is 0 Å². The zero-order valence-corrected chi connectivity index (χ0v) is 10.2. The summed E-state index contributed by atoms with van der Waals surface area (Å²) in [5.74, 6) is 1.28. The van der Waals surface area contributed by atoms with E-state index < -0.39 is 0 Å². The number of carbonyl (C=O) groups is 1. The molecule has 0 fully saturated rings. The highest BCUT2D eigenvalue weighted by Gasteiger charge is 2.13. The third-order valence-electron chi connectivity index (χ3n) is 2.10. The van der Waals surface area contributed by atoms with E-state index in [4.69, 9.17) is 8.83 Å². The summed E-state index contributed by atoms with van der Waals surface area (Å²) >= 11 is 1.19. The molecule has 0 bridgehead atoms. The van der Waals surface area contributed by atoms with E-state index in [0.29, 0.717) is 11.1 Å². The molecule has 2 heterocycles. The molecule has 0 spiro atoms. The molecule has 0 radical (unpaired) electrons. The number of carbonyl (C=O) groups excluding carboxylic acids is 1. The third kappa shape index (κ3) is 2.68. The van der Waals surface area contributed by atoms with Gasteiger partial charge in [0.2, 0.25) is 5.91 Å². The molecular weight excluding hydrogens is 242 g/mol. The second-order valence-corrected chi connectivity index (χ2v) is 4.15. The van der Waals surface area contributed by atoms with Gasteiger partial charge in [0.25, 0.3) is 11.1 Å². The van der Waals surface area contributed by atoms with Crippen LogP contribution in [0, 0.1) is 6.92 Å². The lowest BCUT2D eigenvalue weighted by Gasteiger charge is -1.94. The molecule has 17 heavy (non-hydrogen) atoms. The minimum Gasteiger partial charge on any atom is -0.469 e. The van der Waals surface area contributed by atoms with Gasteiger partial charge in [0.15, 0.2) is 0 Å². The van der Waals surface area contributed by atoms with E-state index in [0.717, 1.165) is 11.3 Å². The molecule has 7 heteroatoms. The molecular formula is C10H11N3O3S. The number of furan rings is 1. The van der Waals surface area contributed by atoms with Crippen molar-refractivity contribution in [2.75, 3.05) is 12.8 Å². The van der Waals surface area contributed by atoms with Gasteiger partial charge in [-0.05, 0) is 13.0 Å². The van der Waals surface area contributed by atoms with Gasteiger partial charge in [0.1, 0.15) is 5.76 Å². The van der Waals surface area contributed by atoms with Crippen LogP contribution >= 0.6 is 11.8 Å². The monoisotopic (exact) mass is 253 g/mol. The summed E-state index contributed by atoms with van der Waals surface area (Å²) in [5.41, 5.74) is 0.768. The van der Waals surface area contributed by atoms with Crippen molar-refractivity contribution in [2.45, 2.75) is 12.1 Å². The smallest absolute Gasteiger partial charge is 0.277 e. The van der Waals surface area contributed by atoms with Crippen LogP contribution in [0.3, 0.4) is 0 Å². The van der Waals surface area contributed by atoms with E-state index in [9.17, 15) is 4.79 Å². The summed E-state index contributed by atoms with van der Waals surface area (Å²) in [7, 11) is 1.58. The minimum atomic E-state index is -0.0887. The third-order valence-corrected chi connectivity index (χ3v) is 2.92. The van der Waals surface area contributed by atoms with E-state index >= 15 is 0 Å². The van der Waals surface area contributed by atoms with Gasteiger partial charge >= 0.3 is 0 Å². The Kier molecular flexibility index (Phi) is 3.48. The number of hydrogen-bond acceptors (Lipinski definition) is 6. The molecule has 1 N–H and O–H groups in total. The fraction of sp³-hybridized carbons (Fsp3) is 0.300. The van der Waals surface area contributed by atoms with Crippen molar-refractivity contribution in [3.05, 3.63) is 18.1 Å². The molecule has 0 atom stereocenters. The maximum absolute atomic E-state index is 11.0. The summed E-state index contributed by atoms with van der Waals surface area (Å²) in [5, 5.41) is 10.6. The second kappa shape index (κ2) is 5.05. The molecule has 0 aliphatic rings. The van der Waals surface area contributed by atoms with Gasteiger partial charge in [-0.25, -0.2) is 0 Å². The topological polar surface area (TPSA) is 81.2 Å². The van der Waals surface area contributed by atoms with Gasteiger partial charge in [-0.1, -0.05) is 11.8 Å². The lowest BCUT2D eigenvalue weighted by atomic mass is 10.3. The number of aromatic nitrogens is 2. The largest absolute Gasteiger partial charge is 0.469 e. The Hall–Kier alpha value is -1.76. The quantitative estimate of drug-likeness (QED) is 0.831. The lowest BCUT2D eigenvalue weighted by Crippen LogP contribution is -2.19. The Morgan fingerprint density at radius 1 is 1.53 bits per heavy atom. The zero-order chi connectivity index (χ0) is 12.3. The predicted octanol–water partition coefficient (Wildman–Crippen LogP) is 1.48. The van der Waals surface area contributed by atoms with E-state index in [1.807, 2.05) is 6.92 Å². The van der Waals surface area contributed by atoms with Crippen molar-refractivity contribution in [3.63, 3.8) is 0 Å². The molecule has 6 nitrogen and oxygen atoms in total. The van der Waals surface area contributed by atoms with Gasteiger partial charge in [0.05, 0.1) is 17.6 Å². The van der Waals surface area contributed by atoms with Crippen LogP contribution in [0.4, 0.5) is 0 Å². The number of hydrogen-bond donors (Lipinski definition) is 1. The highest BCUT2D eigenvalue weighted by Crippen LogP contribution is 2.25. The molecule has 1 amide bonds. The van der Waals surface area contributed by atoms with Crippen LogP contribution < -0.4 is 5.32 Å². The van der Waals surface area contributed by atoms with Gasteiger partial charge in [-0.2, -0.15) is 0 Å². The molecule has 2 aromatic heterocycles. The number of nitrogens with zero attached hydrogens (tertiary/aromatic N) is 2. The average molecular weight is 253 g/mol. The minimum absolute atomic E-state index is 0.0887. The van der Waals surface area contributed by atoms with Crippen molar-refractivity contribution >= 4 is 17.7 Å². The molecule has 0 aliphatic carbocycles. The van der Waals surface area contributed by atoms with Gasteiger partial charge < -0.3 is 14.2 Å². The van der Waals surface area contributed by atoms with E-state index in [1.165, 1.54) is 11.8 Å². The van der Waals surface area contributed by atoms with Crippen LogP contribution in [-0.4, -0.2) is 28.9 Å². The molecule has 0 aliphatic heterocycles. The first-order valence-electron chi connectivity index (χ1n) is 4.92. The van der Waals surface area contributed by atoms with Crippen molar-refractivity contribution < 1.29 is 13.6 Å². The summed E-state index contributed by atoms with van der Waals surface area (Å²) in [6.45, 7) is 1.82. The molecule has 0 saturated carbocycles. The Balaban J connectivity index is 2.06. The predicted molar refractivity (Wildman–Crippen MR) is 61.5 cm³/mol. The first-order valence-corrected chi connectivity index (χ1v) is 5.90. The zero-order valence-electron chi connectivity index (χ0n) is 9.39. The van der Waals surface area contributed by atoms with E-state index in [2.05, 4.69) is 15.5 Å². The molecule has 90 valence electrons. The van der Waals surface area contributed by atoms with E-state index in [-0.39, 0.29) is 11.7 Å². The first kappa shape index (κ1) is 11.7. The van der Waals surface area contributed by atoms with Crippen LogP contribution in [0.15, 0.2) is 26.4 Å². The Bertz CT molecular complexity index is 520. The van der Waals surface area contributed by atoms with E-state index in [1.54, 1.807) is 19.4 Å². The normalized spacial score (nSPS) is 10.5. The summed E-state index contributed by atoms with van der Waals surface area (Å²) < 4.78 is 10.5. The maximum Gasteiger partial charge on any atom is 0.277 e. The SMILES string of the molecule is CNC(=O)CSc1nnc(-c2ccoc2C)o1. The van der Waals surface area contributed by atoms with Crippen molar-refractivity contribution in [2.24, 2.45) is 0 Å². The number of amides is 1. The van der Waals surface area contributed by atoms with Crippen LogP contribution in [-0.2, 0) is 4.79 Å². The molecule has 0 saturated heterocycles. The number of rotatable bonds is 4. The Morgan fingerprint density at radius 2 is 2.35 bits per heavy atom. The second-order valence-electron chi connectivity index (χ2n) is 3.23. The Morgan fingerprint density at radius 3 is 3.00 bits per heavy atom. The lowest BCUT2D eigenvalue weighted by molar-refractivity contribution is -0.118. The average Bonchev–Trinajstić information content (AvgIpc) is 2.94. The molecule has 2 rings (SSSR count). The first-order chi connectivity index (χ1) is 8.20. The highest BCUT2D eigenvalue weighted by atomic mass is 32.2. The number of thioether (sulfide) groups is 1. The molecule has 0 unspecified atom stereocenters. The van der Waals surface area contributed by atoms with Crippen molar-refractivity contribution in [3.8, 4) is 11.5 Å². The van der Waals surface area contributed by atoms with Crippen LogP contribution in [0.1, 0.15) is 5.76 Å². The number of aryl methyl sites for hydroxylation is 1. The van der Waals surface area contributed by atoms with Crippen LogP contribution in [0.25, 0.3) is 11.5 Å². The van der Waals surface area contributed by atoms with Gasteiger partial charge in [-0.15, -0.1) is 10.2 Å². The standard InChI is InChI=1S/C10H11N3O3S/c1-6-7(3-4-15-6)9-12-13-10(16-9)17-5-8(14)11-2/h3-4H,5H2,1-2H3,(H,11,14). The highest BCUT2D eigenvalue weighted by molar-refractivity contribution is 7.99. The molecule has 0 aromatic carbocycles. The van der Waals surface area contributed by atoms with Crippen molar-refractivity contribution in [1.82, 2.24) is 15.5 Å². The summed E-state index contributed by atoms with van der Waals surface area (Å²) in [4.78, 5) is 11.0. The fourth-order valence-electron chi connectivity index (χ4n) is 1.18. The summed E-state index contributed by atoms with van der Waals surface area (Å²) in [6.07, 6.45) is 1.56.